The number of amides is 2. The molecule has 2 aliphatic heterocycles. The van der Waals surface area contributed by atoms with E-state index in [2.05, 4.69) is 28.0 Å². The van der Waals surface area contributed by atoms with Crippen LogP contribution in [0.15, 0.2) is 65.8 Å². The van der Waals surface area contributed by atoms with Crippen molar-refractivity contribution in [2.24, 2.45) is 11.5 Å². The lowest BCUT2D eigenvalue weighted by Crippen LogP contribution is -2.37. The Morgan fingerprint density at radius 3 is 2.14 bits per heavy atom. The van der Waals surface area contributed by atoms with Gasteiger partial charge in [-0.1, -0.05) is 85.2 Å². The molecule has 0 spiro atoms. The van der Waals surface area contributed by atoms with Gasteiger partial charge >= 0.3 is 12.1 Å². The first-order valence-corrected chi connectivity index (χ1v) is 25.8. The number of carbonyl (C=O) groups excluding carboxylic acids is 6. The van der Waals surface area contributed by atoms with Gasteiger partial charge in [-0.15, -0.1) is 0 Å². The number of pyridine rings is 1. The van der Waals surface area contributed by atoms with E-state index in [9.17, 15) is 37.2 Å². The molecule has 3 heterocycles. The van der Waals surface area contributed by atoms with Crippen LogP contribution in [0, 0.1) is 0 Å². The van der Waals surface area contributed by atoms with E-state index in [4.69, 9.17) is 24.9 Å². The molecule has 0 aliphatic carbocycles. The Morgan fingerprint density at radius 2 is 1.63 bits per heavy atom. The smallest absolute Gasteiger partial charge is 0.458 e. The largest absolute Gasteiger partial charge is 0.509 e. The second-order valence-corrected chi connectivity index (χ2v) is 16.4. The van der Waals surface area contributed by atoms with Crippen molar-refractivity contribution in [3.8, 4) is 0 Å². The van der Waals surface area contributed by atoms with Crippen molar-refractivity contribution in [2.45, 2.75) is 114 Å². The summed E-state index contributed by atoms with van der Waals surface area (Å²) >= 11 is 0. The molecular weight excluding hydrogens is 935 g/mol. The predicted octanol–water partition coefficient (Wildman–Crippen LogP) is 6.31. The minimum Gasteiger partial charge on any atom is -0.458 e. The Balaban J connectivity index is 0. The van der Waals surface area contributed by atoms with Gasteiger partial charge in [0.2, 0.25) is 28.4 Å². The summed E-state index contributed by atoms with van der Waals surface area (Å²) in [6.45, 7) is 21.3. The SMILES string of the molecule is CC.CC.CC.CC(C)N(CCc1c2c(nc3ccccc13)/C(=C/C1=C(C=O)COC(=O)C1OC(=O)OCc1ccc(NC(=O)CNC=O)cc1)N(C)C2)S(C)(=O)=O.CCCCN.CCOCC=O.CN. The van der Waals surface area contributed by atoms with Crippen LogP contribution in [0.5, 0.6) is 0 Å². The van der Waals surface area contributed by atoms with Gasteiger partial charge in [-0.2, -0.15) is 4.31 Å². The fourth-order valence-corrected chi connectivity index (χ4v) is 7.69. The number of hydrogen-bond acceptors (Lipinski definition) is 16. The first-order chi connectivity index (χ1) is 34.1. The second-order valence-electron chi connectivity index (χ2n) is 14.5. The number of nitrogens with two attached hydrogens (primary N) is 2. The third-order valence-corrected chi connectivity index (χ3v) is 11.0. The summed E-state index contributed by atoms with van der Waals surface area (Å²) in [6, 6.07) is 13.7. The number of sulfonamides is 1. The molecule has 0 saturated heterocycles. The third kappa shape index (κ3) is 23.1. The fourth-order valence-electron chi connectivity index (χ4n) is 6.50. The summed E-state index contributed by atoms with van der Waals surface area (Å²) < 4.78 is 47.0. The number of cyclic esters (lactones) is 1. The minimum absolute atomic E-state index is 0.0921. The maximum absolute atomic E-state index is 13.0. The van der Waals surface area contributed by atoms with Gasteiger partial charge in [0.05, 0.1) is 29.7 Å². The Morgan fingerprint density at radius 1 is 1.00 bits per heavy atom. The first-order valence-electron chi connectivity index (χ1n) is 24.0. The van der Waals surface area contributed by atoms with Crippen LogP contribution in [0.2, 0.25) is 0 Å². The van der Waals surface area contributed by atoms with Gasteiger partial charge in [0, 0.05) is 60.6 Å². The highest BCUT2D eigenvalue weighted by atomic mass is 32.2. The van der Waals surface area contributed by atoms with Crippen molar-refractivity contribution in [3.05, 3.63) is 88.1 Å². The Kier molecular flexibility index (Phi) is 36.5. The van der Waals surface area contributed by atoms with Crippen LogP contribution in [0.3, 0.4) is 0 Å². The van der Waals surface area contributed by atoms with Gasteiger partial charge in [-0.05, 0) is 82.6 Å². The molecular formula is C51H81N7O12S. The van der Waals surface area contributed by atoms with E-state index in [1.165, 1.54) is 30.5 Å². The number of carbonyl (C=O) groups is 6. The van der Waals surface area contributed by atoms with Crippen LogP contribution in [0.1, 0.15) is 104 Å². The van der Waals surface area contributed by atoms with Crippen molar-refractivity contribution in [3.63, 3.8) is 0 Å². The van der Waals surface area contributed by atoms with E-state index >= 15 is 0 Å². The molecule has 2 aromatic carbocycles. The molecule has 6 N–H and O–H groups in total. The van der Waals surface area contributed by atoms with Crippen molar-refractivity contribution < 1.29 is 56.1 Å². The number of hydrogen-bond donors (Lipinski definition) is 4. The van der Waals surface area contributed by atoms with Crippen LogP contribution in [0.25, 0.3) is 16.6 Å². The highest BCUT2D eigenvalue weighted by Gasteiger charge is 2.37. The minimum atomic E-state index is -3.46. The summed E-state index contributed by atoms with van der Waals surface area (Å²) in [5.74, 6) is -1.31. The molecule has 1 atom stereocenters. The van der Waals surface area contributed by atoms with Gasteiger partial charge < -0.3 is 50.7 Å². The molecule has 0 saturated carbocycles. The monoisotopic (exact) mass is 1020 g/mol. The van der Waals surface area contributed by atoms with Crippen LogP contribution in [0.4, 0.5) is 10.5 Å². The average Bonchev–Trinajstić information content (AvgIpc) is 3.69. The molecule has 19 nitrogen and oxygen atoms in total. The number of benzene rings is 2. The van der Waals surface area contributed by atoms with Crippen molar-refractivity contribution in [1.82, 2.24) is 19.5 Å². The first kappa shape index (κ1) is 67.0. The van der Waals surface area contributed by atoms with Crippen molar-refractivity contribution >= 4 is 69.3 Å². The molecule has 0 bridgehead atoms. The Bertz CT molecular complexity index is 2230. The molecule has 2 amide bonds. The number of fused-ring (bicyclic) bond motifs is 2. The van der Waals surface area contributed by atoms with Gasteiger partial charge in [0.15, 0.2) is 0 Å². The number of unbranched alkanes of at least 4 members (excludes halogenated alkanes) is 1. The number of aromatic nitrogens is 1. The van der Waals surface area contributed by atoms with Gasteiger partial charge in [-0.25, -0.2) is 23.0 Å². The number of para-hydroxylation sites is 1. The quantitative estimate of drug-likeness (QED) is 0.0582. The number of ether oxygens (including phenoxy) is 4. The van der Waals surface area contributed by atoms with E-state index in [1.54, 1.807) is 30.3 Å². The number of nitrogens with zero attached hydrogens (tertiary/aromatic N) is 3. The van der Waals surface area contributed by atoms with E-state index < -0.39 is 34.2 Å². The van der Waals surface area contributed by atoms with E-state index in [0.29, 0.717) is 60.4 Å². The molecule has 1 unspecified atom stereocenters. The van der Waals surface area contributed by atoms with E-state index in [-0.39, 0.29) is 50.1 Å². The molecule has 0 radical (unpaired) electrons. The number of esters is 1. The molecule has 71 heavy (non-hydrogen) atoms. The average molecular weight is 1020 g/mol. The maximum atomic E-state index is 13.0. The number of nitrogens with one attached hydrogen (secondary N) is 2. The van der Waals surface area contributed by atoms with Crippen LogP contribution < -0.4 is 22.1 Å². The lowest BCUT2D eigenvalue weighted by molar-refractivity contribution is -0.153. The Labute approximate surface area is 422 Å². The predicted molar refractivity (Wildman–Crippen MR) is 280 cm³/mol. The zero-order valence-electron chi connectivity index (χ0n) is 44.2. The summed E-state index contributed by atoms with van der Waals surface area (Å²) in [4.78, 5) is 76.5. The van der Waals surface area contributed by atoms with Crippen LogP contribution in [-0.2, 0) is 72.5 Å². The molecule has 3 aromatic rings. The van der Waals surface area contributed by atoms with Crippen molar-refractivity contribution in [2.75, 3.05) is 65.1 Å². The van der Waals surface area contributed by atoms with Gasteiger partial charge in [0.1, 0.15) is 32.4 Å². The molecule has 1 aromatic heterocycles. The highest BCUT2D eigenvalue weighted by Crippen LogP contribution is 2.38. The number of rotatable bonds is 19. The zero-order valence-corrected chi connectivity index (χ0v) is 45.0. The lowest BCUT2D eigenvalue weighted by Gasteiger charge is -2.25. The zero-order chi connectivity index (χ0) is 54.5. The Hall–Kier alpha value is -6.06. The summed E-state index contributed by atoms with van der Waals surface area (Å²) in [5, 5.41) is 5.75. The number of aldehydes is 2. The summed E-state index contributed by atoms with van der Waals surface area (Å²) in [7, 11) is -0.141. The third-order valence-electron chi connectivity index (χ3n) is 9.52. The number of anilines is 1. The standard InChI is InChI=1S/C36H39N5O10S.C4H11N.C4H8O2.3C2H6.CH5N/c1-22(2)41(52(4,47)48)14-13-26-27-7-5-6-8-30(27)39-33-29(26)17-40(3)31(33)15-28-24(18-42)20-49-35(45)34(28)51-36(46)50-19-23-9-11-25(12-10-23)38-32(44)16-37-21-43;1-2-3-4-5;1-2-6-4-3-5;4*1-2/h5-12,15,18,21-22,34H,13-14,16-17,19-20H2,1-4H3,(H,37,43)(H,38,44);2-5H2,1H3;3H,2,4H2,1H3;3*1-2H3;2H2,1H3/b31-15-;;;;;;. The summed E-state index contributed by atoms with van der Waals surface area (Å²) in [5.41, 5.74) is 14.5. The summed E-state index contributed by atoms with van der Waals surface area (Å²) in [6.07, 6.45) is 4.48. The van der Waals surface area contributed by atoms with E-state index in [0.717, 1.165) is 29.3 Å². The molecule has 0 fully saturated rings. The van der Waals surface area contributed by atoms with Crippen molar-refractivity contribution in [1.29, 1.82) is 0 Å². The second kappa shape index (κ2) is 38.7. The molecule has 20 heteroatoms. The van der Waals surface area contributed by atoms with Gasteiger partial charge in [0.25, 0.3) is 0 Å². The molecule has 2 aliphatic rings. The fraction of sp³-hybridized carbons (Fsp3) is 0.510. The van der Waals surface area contributed by atoms with E-state index in [1.807, 2.05) is 98.5 Å². The topological polar surface area (TPSA) is 269 Å². The molecule has 398 valence electrons. The van der Waals surface area contributed by atoms with Gasteiger partial charge in [-0.3, -0.25) is 14.4 Å². The highest BCUT2D eigenvalue weighted by molar-refractivity contribution is 7.88. The molecule has 5 rings (SSSR count). The normalized spacial score (nSPS) is 13.8. The van der Waals surface area contributed by atoms with Crippen LogP contribution >= 0.6 is 0 Å². The van der Waals surface area contributed by atoms with Crippen LogP contribution in [-0.4, -0.2) is 132 Å². The lowest BCUT2D eigenvalue weighted by atomic mass is 9.96. The maximum Gasteiger partial charge on any atom is 0.509 e.